The van der Waals surface area contributed by atoms with Gasteiger partial charge in [0.25, 0.3) is 0 Å². The quantitative estimate of drug-likeness (QED) is 0.729. The van der Waals surface area contributed by atoms with Crippen molar-refractivity contribution in [1.82, 2.24) is 25.3 Å². The van der Waals surface area contributed by atoms with Gasteiger partial charge in [-0.05, 0) is 35.4 Å². The molecule has 1 unspecified atom stereocenters. The average Bonchev–Trinajstić information content (AvgIpc) is 2.96. The minimum atomic E-state index is 0.390. The maximum atomic E-state index is 5.74. The zero-order valence-electron chi connectivity index (χ0n) is 8.82. The first-order valence-electron chi connectivity index (χ1n) is 5.40. The van der Waals surface area contributed by atoms with Crippen LogP contribution < -0.4 is 10.6 Å². The highest BCUT2D eigenvalue weighted by molar-refractivity contribution is 5.45. The van der Waals surface area contributed by atoms with Gasteiger partial charge in [0, 0.05) is 19.1 Å². The highest BCUT2D eigenvalue weighted by Crippen LogP contribution is 2.22. The van der Waals surface area contributed by atoms with Gasteiger partial charge in [0.05, 0.1) is 0 Å². The van der Waals surface area contributed by atoms with Gasteiger partial charge >= 0.3 is 0 Å². The van der Waals surface area contributed by atoms with E-state index in [-0.39, 0.29) is 0 Å². The summed E-state index contributed by atoms with van der Waals surface area (Å²) in [5, 5.41) is 15.5. The molecule has 7 nitrogen and oxygen atoms in total. The fraction of sp³-hybridized carbons (Fsp3) is 0.556. The van der Waals surface area contributed by atoms with E-state index in [2.05, 4.69) is 25.5 Å². The number of rotatable bonds is 2. The van der Waals surface area contributed by atoms with E-state index < -0.39 is 0 Å². The summed E-state index contributed by atoms with van der Waals surface area (Å²) in [6, 6.07) is 4.20. The molecule has 84 valence electrons. The third-order valence-electron chi connectivity index (χ3n) is 3.00. The van der Waals surface area contributed by atoms with Gasteiger partial charge in [0.15, 0.2) is 11.5 Å². The van der Waals surface area contributed by atoms with E-state index in [4.69, 9.17) is 5.73 Å². The Labute approximate surface area is 92.2 Å². The number of anilines is 1. The SMILES string of the molecule is NCC1CCCN1c1ccc2nnnn2n1. The van der Waals surface area contributed by atoms with Crippen LogP contribution in [0.1, 0.15) is 12.8 Å². The number of aromatic nitrogens is 5. The topological polar surface area (TPSA) is 85.2 Å². The summed E-state index contributed by atoms with van der Waals surface area (Å²) in [5.41, 5.74) is 6.40. The van der Waals surface area contributed by atoms with E-state index in [1.165, 1.54) is 4.63 Å². The molecule has 1 atom stereocenters. The maximum absolute atomic E-state index is 5.74. The largest absolute Gasteiger partial charge is 0.351 e. The fourth-order valence-electron chi connectivity index (χ4n) is 2.18. The summed E-state index contributed by atoms with van der Waals surface area (Å²) in [6.45, 7) is 1.66. The predicted octanol–water partition coefficient (Wildman–Crippen LogP) is -0.553. The van der Waals surface area contributed by atoms with Crippen molar-refractivity contribution < 1.29 is 0 Å². The number of nitrogens with two attached hydrogens (primary N) is 1. The van der Waals surface area contributed by atoms with E-state index in [1.807, 2.05) is 12.1 Å². The van der Waals surface area contributed by atoms with Crippen LogP contribution in [0.25, 0.3) is 5.65 Å². The van der Waals surface area contributed by atoms with E-state index >= 15 is 0 Å². The molecule has 0 spiro atoms. The van der Waals surface area contributed by atoms with E-state index in [0.29, 0.717) is 18.2 Å². The second kappa shape index (κ2) is 3.67. The third kappa shape index (κ3) is 1.40. The van der Waals surface area contributed by atoms with Crippen molar-refractivity contribution in [3.05, 3.63) is 12.1 Å². The van der Waals surface area contributed by atoms with Crippen LogP contribution >= 0.6 is 0 Å². The normalized spacial score (nSPS) is 20.8. The van der Waals surface area contributed by atoms with Crippen LogP contribution in [0.5, 0.6) is 0 Å². The Kier molecular flexibility index (Phi) is 2.17. The minimum Gasteiger partial charge on any atom is -0.351 e. The van der Waals surface area contributed by atoms with Crippen LogP contribution in [0.15, 0.2) is 12.1 Å². The van der Waals surface area contributed by atoms with Crippen molar-refractivity contribution in [3.8, 4) is 0 Å². The van der Waals surface area contributed by atoms with E-state index in [0.717, 1.165) is 25.2 Å². The summed E-state index contributed by atoms with van der Waals surface area (Å²) in [4.78, 5) is 2.22. The lowest BCUT2D eigenvalue weighted by Gasteiger charge is -2.23. The molecule has 2 aromatic heterocycles. The van der Waals surface area contributed by atoms with Gasteiger partial charge in [-0.3, -0.25) is 0 Å². The summed E-state index contributed by atoms with van der Waals surface area (Å²) in [7, 11) is 0. The molecular formula is C9H13N7. The lowest BCUT2D eigenvalue weighted by molar-refractivity contribution is 0.654. The Bertz CT molecular complexity index is 493. The Morgan fingerprint density at radius 2 is 2.38 bits per heavy atom. The van der Waals surface area contributed by atoms with Crippen molar-refractivity contribution in [2.24, 2.45) is 5.73 Å². The van der Waals surface area contributed by atoms with Gasteiger partial charge in [0.1, 0.15) is 0 Å². The molecule has 0 aromatic carbocycles. The molecular weight excluding hydrogens is 206 g/mol. The number of nitrogens with zero attached hydrogens (tertiary/aromatic N) is 6. The molecule has 0 amide bonds. The van der Waals surface area contributed by atoms with Crippen molar-refractivity contribution in [2.75, 3.05) is 18.0 Å². The second-order valence-electron chi connectivity index (χ2n) is 3.94. The highest BCUT2D eigenvalue weighted by Gasteiger charge is 2.24. The second-order valence-corrected chi connectivity index (χ2v) is 3.94. The molecule has 1 aliphatic rings. The van der Waals surface area contributed by atoms with Crippen molar-refractivity contribution in [1.29, 1.82) is 0 Å². The first-order chi connectivity index (χ1) is 7.88. The number of fused-ring (bicyclic) bond motifs is 1. The van der Waals surface area contributed by atoms with Crippen LogP contribution in [0, 0.1) is 0 Å². The first kappa shape index (κ1) is 9.46. The summed E-state index contributed by atoms with van der Waals surface area (Å²) >= 11 is 0. The lowest BCUT2D eigenvalue weighted by atomic mass is 10.2. The third-order valence-corrected chi connectivity index (χ3v) is 3.00. The highest BCUT2D eigenvalue weighted by atomic mass is 15.6. The van der Waals surface area contributed by atoms with Gasteiger partial charge in [-0.2, -0.15) is 0 Å². The van der Waals surface area contributed by atoms with Gasteiger partial charge in [0.2, 0.25) is 0 Å². The van der Waals surface area contributed by atoms with Crippen molar-refractivity contribution in [3.63, 3.8) is 0 Å². The summed E-state index contributed by atoms with van der Waals surface area (Å²) in [5.74, 6) is 0.896. The molecule has 3 heterocycles. The zero-order chi connectivity index (χ0) is 11.0. The molecule has 1 fully saturated rings. The summed E-state index contributed by atoms with van der Waals surface area (Å²) < 4.78 is 1.45. The van der Waals surface area contributed by atoms with Crippen molar-refractivity contribution >= 4 is 11.5 Å². The molecule has 2 aromatic rings. The van der Waals surface area contributed by atoms with E-state index in [9.17, 15) is 0 Å². The van der Waals surface area contributed by atoms with Crippen LogP contribution in [-0.2, 0) is 0 Å². The van der Waals surface area contributed by atoms with E-state index in [1.54, 1.807) is 0 Å². The Hall–Kier alpha value is -1.76. The Morgan fingerprint density at radius 1 is 1.44 bits per heavy atom. The zero-order valence-corrected chi connectivity index (χ0v) is 8.82. The molecule has 0 aliphatic carbocycles. The molecule has 0 saturated carbocycles. The Balaban J connectivity index is 1.98. The standard InChI is InChI=1S/C9H13N7/c10-6-7-2-1-5-15(7)9-4-3-8-11-13-14-16(8)12-9/h3-4,7H,1-2,5-6,10H2. The maximum Gasteiger partial charge on any atom is 0.200 e. The van der Waals surface area contributed by atoms with Gasteiger partial charge in [-0.25, -0.2) is 0 Å². The lowest BCUT2D eigenvalue weighted by Crippen LogP contribution is -2.36. The number of hydrogen-bond acceptors (Lipinski definition) is 6. The molecule has 16 heavy (non-hydrogen) atoms. The molecule has 1 saturated heterocycles. The first-order valence-corrected chi connectivity index (χ1v) is 5.40. The minimum absolute atomic E-state index is 0.390. The van der Waals surface area contributed by atoms with Crippen LogP contribution in [0.2, 0.25) is 0 Å². The molecule has 3 rings (SSSR count). The fourth-order valence-corrected chi connectivity index (χ4v) is 2.18. The van der Waals surface area contributed by atoms with Crippen molar-refractivity contribution in [2.45, 2.75) is 18.9 Å². The number of tetrazole rings is 1. The molecule has 2 N–H and O–H groups in total. The molecule has 7 heteroatoms. The van der Waals surface area contributed by atoms with Gasteiger partial charge < -0.3 is 10.6 Å². The smallest absolute Gasteiger partial charge is 0.200 e. The van der Waals surface area contributed by atoms with Crippen LogP contribution in [0.3, 0.4) is 0 Å². The van der Waals surface area contributed by atoms with Crippen LogP contribution in [-0.4, -0.2) is 44.4 Å². The molecule has 0 radical (unpaired) electrons. The van der Waals surface area contributed by atoms with Gasteiger partial charge in [-0.15, -0.1) is 14.8 Å². The summed E-state index contributed by atoms with van der Waals surface area (Å²) in [6.07, 6.45) is 2.29. The monoisotopic (exact) mass is 219 g/mol. The number of hydrogen-bond donors (Lipinski definition) is 1. The average molecular weight is 219 g/mol. The van der Waals surface area contributed by atoms with Crippen LogP contribution in [0.4, 0.5) is 5.82 Å². The predicted molar refractivity (Wildman–Crippen MR) is 58.0 cm³/mol. The Morgan fingerprint density at radius 3 is 3.25 bits per heavy atom. The van der Waals surface area contributed by atoms with Gasteiger partial charge in [-0.1, -0.05) is 0 Å². The molecule has 1 aliphatic heterocycles. The molecule has 0 bridgehead atoms.